The summed E-state index contributed by atoms with van der Waals surface area (Å²) in [7, 11) is 0. The van der Waals surface area contributed by atoms with Crippen molar-refractivity contribution in [2.75, 3.05) is 6.61 Å². The zero-order valence-corrected chi connectivity index (χ0v) is 21.9. The predicted octanol–water partition coefficient (Wildman–Crippen LogP) is 8.03. The summed E-state index contributed by atoms with van der Waals surface area (Å²) >= 11 is 0. The van der Waals surface area contributed by atoms with Crippen LogP contribution in [0.15, 0.2) is 12.1 Å². The molecule has 0 heterocycles. The number of ketones is 1. The number of hydrogen-bond donors (Lipinski definition) is 2. The van der Waals surface area contributed by atoms with Gasteiger partial charge in [0.15, 0.2) is 5.78 Å². The Morgan fingerprint density at radius 1 is 0.735 bits per heavy atom. The van der Waals surface area contributed by atoms with E-state index >= 15 is 0 Å². The Labute approximate surface area is 207 Å². The summed E-state index contributed by atoms with van der Waals surface area (Å²) in [5.41, 5.74) is 0.450. The lowest BCUT2D eigenvalue weighted by Crippen LogP contribution is -2.26. The molecule has 0 bridgehead atoms. The molecule has 0 radical (unpaired) electrons. The van der Waals surface area contributed by atoms with Gasteiger partial charge in [-0.3, -0.25) is 9.59 Å². The predicted molar refractivity (Wildman–Crippen MR) is 139 cm³/mol. The van der Waals surface area contributed by atoms with Gasteiger partial charge in [-0.1, -0.05) is 103 Å². The molecule has 1 aromatic carbocycles. The molecule has 0 amide bonds. The van der Waals surface area contributed by atoms with Crippen molar-refractivity contribution in [3.63, 3.8) is 0 Å². The number of ether oxygens (including phenoxy) is 1. The number of unbranched alkanes of at least 4 members (excludes halogenated alkanes) is 14. The van der Waals surface area contributed by atoms with E-state index in [1.165, 1.54) is 89.2 Å². The van der Waals surface area contributed by atoms with E-state index in [-0.39, 0.29) is 23.7 Å². The first-order valence-corrected chi connectivity index (χ1v) is 13.7. The van der Waals surface area contributed by atoms with Gasteiger partial charge in [0.25, 0.3) is 0 Å². The maximum atomic E-state index is 12.9. The van der Waals surface area contributed by atoms with Crippen LogP contribution in [0.5, 0.6) is 11.5 Å². The van der Waals surface area contributed by atoms with Crippen molar-refractivity contribution in [2.45, 2.75) is 124 Å². The minimum Gasteiger partial charge on any atom is -0.508 e. The quantitative estimate of drug-likeness (QED) is 0.0861. The van der Waals surface area contributed by atoms with E-state index in [4.69, 9.17) is 4.74 Å². The van der Waals surface area contributed by atoms with E-state index in [2.05, 4.69) is 6.92 Å². The number of carbonyl (C=O) groups excluding carboxylic acids is 2. The van der Waals surface area contributed by atoms with Crippen molar-refractivity contribution < 1.29 is 24.5 Å². The van der Waals surface area contributed by atoms with Gasteiger partial charge in [0, 0.05) is 11.1 Å². The fraction of sp³-hybridized carbons (Fsp3) is 0.724. The third-order valence-electron chi connectivity index (χ3n) is 6.62. The monoisotopic (exact) mass is 476 g/mol. The largest absolute Gasteiger partial charge is 0.508 e. The number of Topliss-reactive ketones (excluding diaryl/α,β-unsaturated/α-hetero) is 1. The normalized spacial score (nSPS) is 12.0. The Morgan fingerprint density at radius 3 is 1.56 bits per heavy atom. The van der Waals surface area contributed by atoms with Crippen LogP contribution in [0.2, 0.25) is 0 Å². The summed E-state index contributed by atoms with van der Waals surface area (Å²) in [5, 5.41) is 19.9. The van der Waals surface area contributed by atoms with E-state index in [9.17, 15) is 19.8 Å². The van der Waals surface area contributed by atoms with Crippen LogP contribution in [-0.4, -0.2) is 28.6 Å². The summed E-state index contributed by atoms with van der Waals surface area (Å²) in [6.07, 6.45) is 19.3. The molecule has 1 unspecified atom stereocenters. The average molecular weight is 477 g/mol. The third kappa shape index (κ3) is 11.9. The third-order valence-corrected chi connectivity index (χ3v) is 6.62. The highest BCUT2D eigenvalue weighted by Crippen LogP contribution is 2.30. The van der Waals surface area contributed by atoms with Crippen LogP contribution >= 0.6 is 0 Å². The number of carbonyl (C=O) groups is 2. The second-order valence-electron chi connectivity index (χ2n) is 9.55. The SMILES string of the molecule is CCCCCCCCCCCCCCCCCC(C(=O)OCC)C(=O)c1cc(O)c(C)c(O)c1. The van der Waals surface area contributed by atoms with Gasteiger partial charge in [0.1, 0.15) is 17.4 Å². The van der Waals surface area contributed by atoms with Crippen molar-refractivity contribution >= 4 is 11.8 Å². The van der Waals surface area contributed by atoms with Gasteiger partial charge >= 0.3 is 5.97 Å². The van der Waals surface area contributed by atoms with Crippen molar-refractivity contribution in [1.82, 2.24) is 0 Å². The molecule has 34 heavy (non-hydrogen) atoms. The Morgan fingerprint density at radius 2 is 1.15 bits per heavy atom. The van der Waals surface area contributed by atoms with Crippen molar-refractivity contribution in [3.8, 4) is 11.5 Å². The van der Waals surface area contributed by atoms with Crippen molar-refractivity contribution in [2.24, 2.45) is 5.92 Å². The van der Waals surface area contributed by atoms with Crippen LogP contribution in [-0.2, 0) is 9.53 Å². The molecule has 0 aliphatic carbocycles. The lowest BCUT2D eigenvalue weighted by atomic mass is 9.91. The maximum absolute atomic E-state index is 12.9. The van der Waals surface area contributed by atoms with Crippen LogP contribution in [0.4, 0.5) is 0 Å². The van der Waals surface area contributed by atoms with Crippen molar-refractivity contribution in [1.29, 1.82) is 0 Å². The first kappa shape index (κ1) is 30.0. The summed E-state index contributed by atoms with van der Waals surface area (Å²) in [4.78, 5) is 25.3. The second-order valence-corrected chi connectivity index (χ2v) is 9.55. The standard InChI is InChI=1S/C29H48O5/c1-4-6-7-8-9-10-11-12-13-14-15-16-17-18-19-20-25(29(33)34-5-2)28(32)24-21-26(30)23(3)27(31)22-24/h21-22,25,30-31H,4-20H2,1-3H3. The van der Waals surface area contributed by atoms with Crippen LogP contribution < -0.4 is 0 Å². The van der Waals surface area contributed by atoms with E-state index < -0.39 is 17.7 Å². The smallest absolute Gasteiger partial charge is 0.316 e. The Hall–Kier alpha value is -2.04. The first-order valence-electron chi connectivity index (χ1n) is 13.7. The van der Waals surface area contributed by atoms with E-state index in [1.54, 1.807) is 13.8 Å². The Balaban J connectivity index is 2.26. The van der Waals surface area contributed by atoms with Gasteiger partial charge in [-0.05, 0) is 32.4 Å². The molecular weight excluding hydrogens is 428 g/mol. The van der Waals surface area contributed by atoms with Gasteiger partial charge in [-0.25, -0.2) is 0 Å². The average Bonchev–Trinajstić information content (AvgIpc) is 2.81. The molecule has 0 aliphatic heterocycles. The maximum Gasteiger partial charge on any atom is 0.316 e. The molecule has 0 aromatic heterocycles. The van der Waals surface area contributed by atoms with Gasteiger partial charge in [0.2, 0.25) is 0 Å². The molecule has 1 atom stereocenters. The summed E-state index contributed by atoms with van der Waals surface area (Å²) in [6, 6.07) is 2.63. The molecule has 0 fully saturated rings. The molecule has 0 saturated carbocycles. The van der Waals surface area contributed by atoms with Gasteiger partial charge in [-0.15, -0.1) is 0 Å². The molecule has 0 saturated heterocycles. The van der Waals surface area contributed by atoms with Crippen LogP contribution in [0.25, 0.3) is 0 Å². The van der Waals surface area contributed by atoms with Crippen LogP contribution in [0, 0.1) is 12.8 Å². The first-order chi connectivity index (χ1) is 16.4. The minimum absolute atomic E-state index is 0.139. The summed E-state index contributed by atoms with van der Waals surface area (Å²) < 4.78 is 5.12. The van der Waals surface area contributed by atoms with Crippen LogP contribution in [0.1, 0.15) is 133 Å². The van der Waals surface area contributed by atoms with Gasteiger partial charge in [-0.2, -0.15) is 0 Å². The fourth-order valence-corrected chi connectivity index (χ4v) is 4.35. The Kier molecular flexibility index (Phi) is 16.1. The van der Waals surface area contributed by atoms with Crippen LogP contribution in [0.3, 0.4) is 0 Å². The van der Waals surface area contributed by atoms with Crippen molar-refractivity contribution in [3.05, 3.63) is 23.3 Å². The number of rotatable bonds is 20. The highest BCUT2D eigenvalue weighted by molar-refractivity contribution is 6.09. The lowest BCUT2D eigenvalue weighted by Gasteiger charge is -2.15. The molecule has 5 heteroatoms. The lowest BCUT2D eigenvalue weighted by molar-refractivity contribution is -0.146. The molecule has 194 valence electrons. The number of esters is 1. The number of phenols is 2. The molecule has 1 rings (SSSR count). The highest BCUT2D eigenvalue weighted by atomic mass is 16.5. The molecule has 0 aliphatic rings. The summed E-state index contributed by atoms with van der Waals surface area (Å²) in [5.74, 6) is -2.15. The van der Waals surface area contributed by atoms with E-state index in [0.717, 1.165) is 19.3 Å². The summed E-state index contributed by atoms with van der Waals surface area (Å²) in [6.45, 7) is 5.76. The molecule has 5 nitrogen and oxygen atoms in total. The fourth-order valence-electron chi connectivity index (χ4n) is 4.35. The Bertz CT molecular complexity index is 689. The van der Waals surface area contributed by atoms with Gasteiger partial charge < -0.3 is 14.9 Å². The minimum atomic E-state index is -0.900. The number of phenolic OH excluding ortho intramolecular Hbond substituents is 2. The zero-order valence-electron chi connectivity index (χ0n) is 21.9. The number of aromatic hydroxyl groups is 2. The van der Waals surface area contributed by atoms with E-state index in [0.29, 0.717) is 12.0 Å². The molecule has 2 N–H and O–H groups in total. The van der Waals surface area contributed by atoms with E-state index in [1.807, 2.05) is 0 Å². The molecule has 1 aromatic rings. The number of benzene rings is 1. The second kappa shape index (κ2) is 18.3. The number of hydrogen-bond acceptors (Lipinski definition) is 5. The topological polar surface area (TPSA) is 83.8 Å². The highest BCUT2D eigenvalue weighted by Gasteiger charge is 2.29. The zero-order chi connectivity index (χ0) is 25.2. The molecular formula is C29H48O5. The van der Waals surface area contributed by atoms with Gasteiger partial charge in [0.05, 0.1) is 6.61 Å². The molecule has 0 spiro atoms.